The second kappa shape index (κ2) is 3.78. The van der Waals surface area contributed by atoms with E-state index in [1.54, 1.807) is 0 Å². The monoisotopic (exact) mass is 190 g/mol. The maximum atomic E-state index is 11.1. The first-order valence-electron chi connectivity index (χ1n) is 3.11. The van der Waals surface area contributed by atoms with E-state index in [0.29, 0.717) is 5.02 Å². The van der Waals surface area contributed by atoms with Crippen molar-refractivity contribution in [1.29, 1.82) is 0 Å². The fourth-order valence-corrected chi connectivity index (χ4v) is 1.21. The molecule has 0 spiro atoms. The van der Waals surface area contributed by atoms with Gasteiger partial charge < -0.3 is 0 Å². The molecule has 0 radical (unpaired) electrons. The Hall–Kier alpha value is -0.480. The van der Waals surface area contributed by atoms with Crippen molar-refractivity contribution in [3.05, 3.63) is 17.4 Å². The van der Waals surface area contributed by atoms with Gasteiger partial charge in [-0.1, -0.05) is 30.3 Å². The Morgan fingerprint density at radius 1 is 1.91 bits per heavy atom. The van der Waals surface area contributed by atoms with Gasteiger partial charge in [-0.05, 0) is 5.75 Å². The number of thioether (sulfide) groups is 1. The van der Waals surface area contributed by atoms with Crippen molar-refractivity contribution in [1.82, 2.24) is 9.78 Å². The van der Waals surface area contributed by atoms with Crippen molar-refractivity contribution < 1.29 is 4.79 Å². The summed E-state index contributed by atoms with van der Waals surface area (Å²) < 4.78 is 1.23. The molecule has 1 aromatic rings. The van der Waals surface area contributed by atoms with Gasteiger partial charge in [-0.3, -0.25) is 4.79 Å². The fraction of sp³-hybridized carbons (Fsp3) is 0.333. The van der Waals surface area contributed by atoms with Crippen molar-refractivity contribution in [2.45, 2.75) is 6.92 Å². The molecule has 3 nitrogen and oxygen atoms in total. The van der Waals surface area contributed by atoms with Crippen LogP contribution in [0.4, 0.5) is 4.79 Å². The Morgan fingerprint density at radius 3 is 3.09 bits per heavy atom. The maximum Gasteiger partial charge on any atom is 0.306 e. The molecule has 0 bridgehead atoms. The van der Waals surface area contributed by atoms with Crippen LogP contribution in [-0.4, -0.2) is 20.8 Å². The van der Waals surface area contributed by atoms with Crippen LogP contribution in [0.2, 0.25) is 5.02 Å². The van der Waals surface area contributed by atoms with Gasteiger partial charge in [0.25, 0.3) is 0 Å². The van der Waals surface area contributed by atoms with Crippen LogP contribution in [0.1, 0.15) is 6.92 Å². The number of rotatable bonds is 1. The molecular formula is C6H7ClN2OS. The zero-order valence-electron chi connectivity index (χ0n) is 5.95. The van der Waals surface area contributed by atoms with E-state index in [1.165, 1.54) is 28.8 Å². The van der Waals surface area contributed by atoms with Crippen LogP contribution in [0.15, 0.2) is 12.4 Å². The van der Waals surface area contributed by atoms with Crippen molar-refractivity contribution in [2.75, 3.05) is 5.75 Å². The molecule has 0 atom stereocenters. The number of carbonyl (C=O) groups is 1. The van der Waals surface area contributed by atoms with Gasteiger partial charge in [0.15, 0.2) is 0 Å². The zero-order valence-corrected chi connectivity index (χ0v) is 7.52. The van der Waals surface area contributed by atoms with Crippen LogP contribution < -0.4 is 0 Å². The molecule has 0 aliphatic rings. The van der Waals surface area contributed by atoms with E-state index in [1.807, 2.05) is 6.92 Å². The van der Waals surface area contributed by atoms with Crippen molar-refractivity contribution >= 4 is 28.6 Å². The van der Waals surface area contributed by atoms with Gasteiger partial charge in [0.05, 0.1) is 17.4 Å². The molecule has 0 saturated carbocycles. The van der Waals surface area contributed by atoms with Gasteiger partial charge in [0.2, 0.25) is 0 Å². The standard InChI is InChI=1S/C6H7ClN2OS/c1-2-11-6(10)9-4-5(7)3-8-9/h3-4H,2H2,1H3. The number of halogens is 1. The number of hydrogen-bond donors (Lipinski definition) is 0. The Morgan fingerprint density at radius 2 is 2.64 bits per heavy atom. The fourth-order valence-electron chi connectivity index (χ4n) is 0.590. The largest absolute Gasteiger partial charge is 0.306 e. The van der Waals surface area contributed by atoms with E-state index in [0.717, 1.165) is 5.75 Å². The number of carbonyl (C=O) groups excluding carboxylic acids is 1. The minimum Gasteiger partial charge on any atom is -0.259 e. The van der Waals surface area contributed by atoms with Gasteiger partial charge in [-0.25, -0.2) is 0 Å². The summed E-state index contributed by atoms with van der Waals surface area (Å²) in [6, 6.07) is 0. The van der Waals surface area contributed by atoms with E-state index in [2.05, 4.69) is 5.10 Å². The van der Waals surface area contributed by atoms with Crippen molar-refractivity contribution in [3.63, 3.8) is 0 Å². The highest BCUT2D eigenvalue weighted by Gasteiger charge is 2.04. The molecule has 0 aliphatic carbocycles. The first kappa shape index (κ1) is 8.62. The molecule has 5 heteroatoms. The summed E-state index contributed by atoms with van der Waals surface area (Å²) in [6.45, 7) is 1.91. The summed E-state index contributed by atoms with van der Waals surface area (Å²) in [5.74, 6) is 0.746. The summed E-state index contributed by atoms with van der Waals surface area (Å²) in [5, 5.41) is 4.13. The summed E-state index contributed by atoms with van der Waals surface area (Å²) in [4.78, 5) is 11.1. The minimum absolute atomic E-state index is 0.0978. The smallest absolute Gasteiger partial charge is 0.259 e. The average Bonchev–Trinajstić information content (AvgIpc) is 2.36. The van der Waals surface area contributed by atoms with Gasteiger partial charge in [-0.2, -0.15) is 9.78 Å². The number of hydrogen-bond acceptors (Lipinski definition) is 3. The van der Waals surface area contributed by atoms with Crippen LogP contribution in [0.5, 0.6) is 0 Å². The third kappa shape index (κ3) is 2.24. The molecule has 0 saturated heterocycles. The highest BCUT2D eigenvalue weighted by molar-refractivity contribution is 8.13. The van der Waals surface area contributed by atoms with Crippen molar-refractivity contribution in [2.24, 2.45) is 0 Å². The van der Waals surface area contributed by atoms with E-state index in [-0.39, 0.29) is 5.24 Å². The Labute approximate surface area is 73.7 Å². The molecule has 1 aromatic heterocycles. The van der Waals surface area contributed by atoms with Crippen LogP contribution >= 0.6 is 23.4 Å². The first-order chi connectivity index (χ1) is 5.24. The summed E-state index contributed by atoms with van der Waals surface area (Å²) >= 11 is 6.76. The Kier molecular flexibility index (Phi) is 2.96. The van der Waals surface area contributed by atoms with Crippen LogP contribution in [0, 0.1) is 0 Å². The molecule has 0 aromatic carbocycles. The lowest BCUT2D eigenvalue weighted by Crippen LogP contribution is -2.05. The lowest BCUT2D eigenvalue weighted by molar-refractivity contribution is 0.259. The SMILES string of the molecule is CCSC(=O)n1cc(Cl)cn1. The Bertz CT molecular complexity index is 261. The highest BCUT2D eigenvalue weighted by Crippen LogP contribution is 2.09. The minimum atomic E-state index is -0.0978. The molecule has 0 unspecified atom stereocenters. The molecule has 1 heterocycles. The third-order valence-corrected chi connectivity index (χ3v) is 1.92. The van der Waals surface area contributed by atoms with E-state index in [9.17, 15) is 4.79 Å². The van der Waals surface area contributed by atoms with Gasteiger partial charge in [-0.15, -0.1) is 0 Å². The third-order valence-electron chi connectivity index (χ3n) is 1.01. The quantitative estimate of drug-likeness (QED) is 0.682. The van der Waals surface area contributed by atoms with Gasteiger partial charge in [0, 0.05) is 0 Å². The topological polar surface area (TPSA) is 34.9 Å². The number of aromatic nitrogens is 2. The Balaban J connectivity index is 2.69. The van der Waals surface area contributed by atoms with Crippen molar-refractivity contribution in [3.8, 4) is 0 Å². The van der Waals surface area contributed by atoms with Gasteiger partial charge >= 0.3 is 5.24 Å². The molecule has 0 aliphatic heterocycles. The van der Waals surface area contributed by atoms with Gasteiger partial charge in [0.1, 0.15) is 0 Å². The summed E-state index contributed by atoms with van der Waals surface area (Å²) in [5.41, 5.74) is 0. The predicted octanol–water partition coefficient (Wildman–Crippen LogP) is 2.26. The lowest BCUT2D eigenvalue weighted by Gasteiger charge is -1.94. The lowest BCUT2D eigenvalue weighted by atomic mass is 10.7. The van der Waals surface area contributed by atoms with Crippen LogP contribution in [0.25, 0.3) is 0 Å². The van der Waals surface area contributed by atoms with Crippen LogP contribution in [-0.2, 0) is 0 Å². The number of nitrogens with zero attached hydrogens (tertiary/aromatic N) is 2. The van der Waals surface area contributed by atoms with Crippen LogP contribution in [0.3, 0.4) is 0 Å². The second-order valence-electron chi connectivity index (χ2n) is 1.80. The first-order valence-corrected chi connectivity index (χ1v) is 4.47. The highest BCUT2D eigenvalue weighted by atomic mass is 35.5. The van der Waals surface area contributed by atoms with E-state index < -0.39 is 0 Å². The molecule has 1 rings (SSSR count). The zero-order chi connectivity index (χ0) is 8.27. The predicted molar refractivity (Wildman–Crippen MR) is 46.2 cm³/mol. The molecule has 0 amide bonds. The van der Waals surface area contributed by atoms with E-state index >= 15 is 0 Å². The normalized spacial score (nSPS) is 10.0. The van der Waals surface area contributed by atoms with E-state index in [4.69, 9.17) is 11.6 Å². The molecule has 0 N–H and O–H groups in total. The molecule has 11 heavy (non-hydrogen) atoms. The summed E-state index contributed by atoms with van der Waals surface area (Å²) in [7, 11) is 0. The molecule has 60 valence electrons. The second-order valence-corrected chi connectivity index (χ2v) is 3.45. The molecular weight excluding hydrogens is 184 g/mol. The maximum absolute atomic E-state index is 11.1. The summed E-state index contributed by atoms with van der Waals surface area (Å²) in [6.07, 6.45) is 2.93. The molecule has 0 fully saturated rings. The average molecular weight is 191 g/mol.